The first-order valence-corrected chi connectivity index (χ1v) is 6.65. The van der Waals surface area contributed by atoms with Crippen molar-refractivity contribution in [2.24, 2.45) is 5.92 Å². The topological polar surface area (TPSA) is 37.3 Å². The molecule has 0 saturated heterocycles. The van der Waals surface area contributed by atoms with Crippen LogP contribution in [0.1, 0.15) is 24.8 Å². The normalized spacial score (nSPS) is 19.2. The van der Waals surface area contributed by atoms with Gasteiger partial charge in [0, 0.05) is 0 Å². The average molecular weight is 252 g/mol. The Bertz CT molecular complexity index is 650. The minimum Gasteiger partial charge on any atom is -0.481 e. The van der Waals surface area contributed by atoms with E-state index in [4.69, 9.17) is 5.11 Å². The molecule has 0 unspecified atom stereocenters. The fraction of sp³-hybridized carbons (Fsp3) is 0.235. The molecule has 1 aliphatic carbocycles. The van der Waals surface area contributed by atoms with Crippen LogP contribution >= 0.6 is 0 Å². The maximum atomic E-state index is 11.0. The van der Waals surface area contributed by atoms with Crippen LogP contribution in [0, 0.1) is 5.92 Å². The highest BCUT2D eigenvalue weighted by atomic mass is 16.4. The van der Waals surface area contributed by atoms with Crippen LogP contribution in [0.25, 0.3) is 16.3 Å². The van der Waals surface area contributed by atoms with Crippen LogP contribution in [0.2, 0.25) is 0 Å². The van der Waals surface area contributed by atoms with Gasteiger partial charge in [0.05, 0.1) is 5.92 Å². The predicted molar refractivity (Wildman–Crippen MR) is 76.9 cm³/mol. The molecule has 2 aromatic rings. The molecule has 19 heavy (non-hydrogen) atoms. The first-order chi connectivity index (χ1) is 9.25. The molecule has 1 atom stereocenters. The smallest absolute Gasteiger partial charge is 0.306 e. The van der Waals surface area contributed by atoms with Gasteiger partial charge in [-0.2, -0.15) is 0 Å². The van der Waals surface area contributed by atoms with Crippen molar-refractivity contribution >= 4 is 22.3 Å². The van der Waals surface area contributed by atoms with Gasteiger partial charge in [-0.15, -0.1) is 0 Å². The van der Waals surface area contributed by atoms with Crippen LogP contribution in [0.3, 0.4) is 0 Å². The van der Waals surface area contributed by atoms with Gasteiger partial charge in [-0.25, -0.2) is 0 Å². The molecular weight excluding hydrogens is 236 g/mol. The number of fused-ring (bicyclic) bond motifs is 1. The summed E-state index contributed by atoms with van der Waals surface area (Å²) in [6, 6.07) is 14.7. The number of rotatable bonds is 2. The summed E-state index contributed by atoms with van der Waals surface area (Å²) in [5.41, 5.74) is 2.54. The van der Waals surface area contributed by atoms with E-state index in [1.807, 2.05) is 6.07 Å². The molecule has 0 fully saturated rings. The third-order valence-electron chi connectivity index (χ3n) is 3.90. The van der Waals surface area contributed by atoms with Gasteiger partial charge in [0.15, 0.2) is 0 Å². The third-order valence-corrected chi connectivity index (χ3v) is 3.90. The summed E-state index contributed by atoms with van der Waals surface area (Å²) in [5, 5.41) is 11.5. The second-order valence-corrected chi connectivity index (χ2v) is 5.07. The van der Waals surface area contributed by atoms with E-state index in [1.54, 1.807) is 0 Å². The molecular formula is C17H16O2. The fourth-order valence-electron chi connectivity index (χ4n) is 2.81. The molecule has 1 N–H and O–H groups in total. The lowest BCUT2D eigenvalue weighted by atomic mass is 9.85. The van der Waals surface area contributed by atoms with Gasteiger partial charge < -0.3 is 5.11 Å². The third kappa shape index (κ3) is 2.26. The molecule has 0 aliphatic heterocycles. The van der Waals surface area contributed by atoms with Crippen molar-refractivity contribution in [3.63, 3.8) is 0 Å². The Morgan fingerprint density at radius 1 is 1.11 bits per heavy atom. The average Bonchev–Trinajstić information content (AvgIpc) is 2.47. The molecule has 96 valence electrons. The van der Waals surface area contributed by atoms with Crippen molar-refractivity contribution in [3.05, 3.63) is 54.1 Å². The van der Waals surface area contributed by atoms with Gasteiger partial charge in [0.25, 0.3) is 0 Å². The molecule has 0 bridgehead atoms. The van der Waals surface area contributed by atoms with Crippen LogP contribution in [-0.2, 0) is 4.79 Å². The SMILES string of the molecule is O=C(O)[C@H]1CC=C(c2cccc3ccccc23)CC1. The molecule has 0 radical (unpaired) electrons. The van der Waals surface area contributed by atoms with Crippen molar-refractivity contribution in [2.75, 3.05) is 0 Å². The second kappa shape index (κ2) is 4.88. The number of allylic oxidation sites excluding steroid dienone is 2. The highest BCUT2D eigenvalue weighted by molar-refractivity contribution is 5.94. The number of aliphatic carboxylic acids is 1. The summed E-state index contributed by atoms with van der Waals surface area (Å²) in [7, 11) is 0. The van der Waals surface area contributed by atoms with Crippen LogP contribution in [0.15, 0.2) is 48.5 Å². The lowest BCUT2D eigenvalue weighted by molar-refractivity contribution is -0.141. The summed E-state index contributed by atoms with van der Waals surface area (Å²) in [6.07, 6.45) is 4.34. The monoisotopic (exact) mass is 252 g/mol. The van der Waals surface area contributed by atoms with E-state index in [0.717, 1.165) is 12.8 Å². The minimum atomic E-state index is -0.673. The van der Waals surface area contributed by atoms with Crippen molar-refractivity contribution in [3.8, 4) is 0 Å². The minimum absolute atomic E-state index is 0.210. The predicted octanol–water partition coefficient (Wildman–Crippen LogP) is 4.11. The molecule has 2 heteroatoms. The lowest BCUT2D eigenvalue weighted by Gasteiger charge is -2.19. The van der Waals surface area contributed by atoms with Crippen molar-refractivity contribution in [2.45, 2.75) is 19.3 Å². The maximum absolute atomic E-state index is 11.0. The molecule has 1 aliphatic rings. The summed E-state index contributed by atoms with van der Waals surface area (Å²) < 4.78 is 0. The van der Waals surface area contributed by atoms with Crippen LogP contribution in [-0.4, -0.2) is 11.1 Å². The Morgan fingerprint density at radius 3 is 2.63 bits per heavy atom. The number of hydrogen-bond acceptors (Lipinski definition) is 1. The van der Waals surface area contributed by atoms with Crippen LogP contribution in [0.5, 0.6) is 0 Å². The molecule has 0 amide bonds. The first-order valence-electron chi connectivity index (χ1n) is 6.65. The Labute approximate surface area is 112 Å². The Kier molecular flexibility index (Phi) is 3.08. The Hall–Kier alpha value is -2.09. The number of carboxylic acids is 1. The second-order valence-electron chi connectivity index (χ2n) is 5.07. The van der Waals surface area contributed by atoms with E-state index in [9.17, 15) is 4.79 Å². The summed E-state index contributed by atoms with van der Waals surface area (Å²) in [5.74, 6) is -0.882. The molecule has 2 aromatic carbocycles. The van der Waals surface area contributed by atoms with Gasteiger partial charge in [0.1, 0.15) is 0 Å². The zero-order valence-corrected chi connectivity index (χ0v) is 10.7. The number of carboxylic acid groups (broad SMARTS) is 1. The highest BCUT2D eigenvalue weighted by Gasteiger charge is 2.21. The lowest BCUT2D eigenvalue weighted by Crippen LogP contribution is -2.15. The highest BCUT2D eigenvalue weighted by Crippen LogP contribution is 2.33. The first kappa shape index (κ1) is 12.0. The van der Waals surface area contributed by atoms with Gasteiger partial charge in [-0.3, -0.25) is 4.79 Å². The number of benzene rings is 2. The number of carbonyl (C=O) groups is 1. The molecule has 2 nitrogen and oxygen atoms in total. The van der Waals surface area contributed by atoms with E-state index >= 15 is 0 Å². The van der Waals surface area contributed by atoms with Crippen molar-refractivity contribution in [1.29, 1.82) is 0 Å². The molecule has 3 rings (SSSR count). The molecule has 0 heterocycles. The zero-order valence-electron chi connectivity index (χ0n) is 10.7. The summed E-state index contributed by atoms with van der Waals surface area (Å²) in [4.78, 5) is 11.0. The molecule has 0 spiro atoms. The fourth-order valence-corrected chi connectivity index (χ4v) is 2.81. The summed E-state index contributed by atoms with van der Waals surface area (Å²) >= 11 is 0. The molecule has 0 aromatic heterocycles. The van der Waals surface area contributed by atoms with E-state index in [-0.39, 0.29) is 5.92 Å². The van der Waals surface area contributed by atoms with Crippen molar-refractivity contribution in [1.82, 2.24) is 0 Å². The quantitative estimate of drug-likeness (QED) is 0.873. The van der Waals surface area contributed by atoms with Gasteiger partial charge in [-0.1, -0.05) is 48.5 Å². The van der Waals surface area contributed by atoms with Gasteiger partial charge >= 0.3 is 5.97 Å². The number of hydrogen-bond donors (Lipinski definition) is 1. The van der Waals surface area contributed by atoms with Gasteiger partial charge in [0.2, 0.25) is 0 Å². The largest absolute Gasteiger partial charge is 0.481 e. The maximum Gasteiger partial charge on any atom is 0.306 e. The van der Waals surface area contributed by atoms with E-state index < -0.39 is 5.97 Å². The van der Waals surface area contributed by atoms with E-state index in [0.29, 0.717) is 6.42 Å². The van der Waals surface area contributed by atoms with Crippen LogP contribution < -0.4 is 0 Å². The van der Waals surface area contributed by atoms with Crippen LogP contribution in [0.4, 0.5) is 0 Å². The Balaban J connectivity index is 2.00. The standard InChI is InChI=1S/C17H16O2/c18-17(19)14-10-8-13(9-11-14)16-7-3-5-12-4-1-2-6-15(12)16/h1-8,14H,9-11H2,(H,18,19)/t14-/m0/s1. The summed E-state index contributed by atoms with van der Waals surface area (Å²) in [6.45, 7) is 0. The van der Waals surface area contributed by atoms with E-state index in [2.05, 4.69) is 42.5 Å². The molecule has 0 saturated carbocycles. The van der Waals surface area contributed by atoms with Crippen molar-refractivity contribution < 1.29 is 9.90 Å². The van der Waals surface area contributed by atoms with E-state index in [1.165, 1.54) is 21.9 Å². The Morgan fingerprint density at radius 2 is 1.89 bits per heavy atom. The zero-order chi connectivity index (χ0) is 13.2. The van der Waals surface area contributed by atoms with Gasteiger partial charge in [-0.05, 0) is 41.2 Å².